The van der Waals surface area contributed by atoms with Crippen LogP contribution in [0.2, 0.25) is 0 Å². The largest absolute Gasteiger partial charge is 0.321 e. The van der Waals surface area contributed by atoms with Gasteiger partial charge in [0.05, 0.1) is 11.3 Å². The van der Waals surface area contributed by atoms with E-state index in [1.54, 1.807) is 4.90 Å². The quantitative estimate of drug-likeness (QED) is 0.294. The molecule has 2 aromatic heterocycles. The van der Waals surface area contributed by atoms with Crippen molar-refractivity contribution in [3.8, 4) is 0 Å². The number of anilines is 2. The number of para-hydroxylation sites is 3. The Bertz CT molecular complexity index is 1380. The Morgan fingerprint density at radius 3 is 2.12 bits per heavy atom. The van der Waals surface area contributed by atoms with Crippen molar-refractivity contribution >= 4 is 51.1 Å². The number of thioether (sulfide) groups is 1. The van der Waals surface area contributed by atoms with Gasteiger partial charge in [-0.05, 0) is 44.2 Å². The Morgan fingerprint density at radius 2 is 1.48 bits per heavy atom. The Hall–Kier alpha value is -3.71. The summed E-state index contributed by atoms with van der Waals surface area (Å²) >= 11 is 1.30. The molecule has 0 aliphatic heterocycles. The summed E-state index contributed by atoms with van der Waals surface area (Å²) in [4.78, 5) is 19.8. The standard InChI is InChI=1S/C26H23N5OS/c1-18(2)30-22-16-10-9-15-21(22)24-25(30)27-26(29-28-24)33-17-23(32)31(19-11-5-3-6-12-19)20-13-7-4-8-14-20/h3-16,18H,17H2,1-2H3. The van der Waals surface area contributed by atoms with Crippen LogP contribution in [0.25, 0.3) is 22.1 Å². The van der Waals surface area contributed by atoms with Crippen molar-refractivity contribution in [2.45, 2.75) is 25.0 Å². The number of hydrogen-bond donors (Lipinski definition) is 0. The SMILES string of the molecule is CC(C)n1c2ccccc2c2nnc(SCC(=O)N(c3ccccc3)c3ccccc3)nc21. The van der Waals surface area contributed by atoms with Gasteiger partial charge in [0.15, 0.2) is 5.65 Å². The smallest absolute Gasteiger partial charge is 0.242 e. The molecule has 0 fully saturated rings. The number of carbonyl (C=O) groups excluding carboxylic acids is 1. The topological polar surface area (TPSA) is 63.9 Å². The second-order valence-corrected chi connectivity index (χ2v) is 8.88. The fraction of sp³-hybridized carbons (Fsp3) is 0.154. The predicted molar refractivity (Wildman–Crippen MR) is 134 cm³/mol. The highest BCUT2D eigenvalue weighted by molar-refractivity contribution is 7.99. The minimum atomic E-state index is -0.0505. The van der Waals surface area contributed by atoms with Crippen LogP contribution in [0.1, 0.15) is 19.9 Å². The molecule has 6 nitrogen and oxygen atoms in total. The first-order chi connectivity index (χ1) is 16.1. The average molecular weight is 454 g/mol. The number of carbonyl (C=O) groups is 1. The van der Waals surface area contributed by atoms with Crippen molar-refractivity contribution in [1.29, 1.82) is 0 Å². The third-order valence-electron chi connectivity index (χ3n) is 5.42. The zero-order valence-corrected chi connectivity index (χ0v) is 19.2. The lowest BCUT2D eigenvalue weighted by Gasteiger charge is -2.22. The first kappa shape index (κ1) is 21.2. The highest BCUT2D eigenvalue weighted by Crippen LogP contribution is 2.31. The highest BCUT2D eigenvalue weighted by Gasteiger charge is 2.20. The molecule has 1 amide bonds. The molecule has 5 rings (SSSR count). The van der Waals surface area contributed by atoms with Crippen molar-refractivity contribution in [2.24, 2.45) is 0 Å². The lowest BCUT2D eigenvalue weighted by molar-refractivity contribution is -0.115. The van der Waals surface area contributed by atoms with Gasteiger partial charge in [-0.2, -0.15) is 0 Å². The average Bonchev–Trinajstić information content (AvgIpc) is 3.18. The molecule has 0 saturated heterocycles. The molecule has 3 aromatic carbocycles. The number of amides is 1. The molecule has 0 bridgehead atoms. The molecule has 0 atom stereocenters. The van der Waals surface area contributed by atoms with E-state index in [0.717, 1.165) is 33.4 Å². The van der Waals surface area contributed by atoms with Crippen LogP contribution >= 0.6 is 11.8 Å². The number of nitrogens with zero attached hydrogens (tertiary/aromatic N) is 5. The van der Waals surface area contributed by atoms with E-state index in [9.17, 15) is 4.79 Å². The van der Waals surface area contributed by atoms with Crippen LogP contribution in [0.3, 0.4) is 0 Å². The summed E-state index contributed by atoms with van der Waals surface area (Å²) in [6.45, 7) is 4.25. The van der Waals surface area contributed by atoms with E-state index in [1.165, 1.54) is 11.8 Å². The molecule has 0 spiro atoms. The Balaban J connectivity index is 1.45. The molecule has 0 aliphatic rings. The summed E-state index contributed by atoms with van der Waals surface area (Å²) in [5, 5.41) is 10.3. The maximum absolute atomic E-state index is 13.3. The zero-order valence-electron chi connectivity index (χ0n) is 18.4. The number of benzene rings is 3. The van der Waals surface area contributed by atoms with Gasteiger partial charge in [-0.15, -0.1) is 10.2 Å². The van der Waals surface area contributed by atoms with Crippen LogP contribution in [0.5, 0.6) is 0 Å². The van der Waals surface area contributed by atoms with Crippen LogP contribution in [0, 0.1) is 0 Å². The van der Waals surface area contributed by atoms with Gasteiger partial charge in [0, 0.05) is 22.8 Å². The van der Waals surface area contributed by atoms with Crippen LogP contribution in [0.4, 0.5) is 11.4 Å². The minimum Gasteiger partial charge on any atom is -0.321 e. The summed E-state index contributed by atoms with van der Waals surface area (Å²) in [7, 11) is 0. The van der Waals surface area contributed by atoms with Crippen LogP contribution in [-0.4, -0.2) is 31.4 Å². The molecule has 5 aromatic rings. The van der Waals surface area contributed by atoms with E-state index in [2.05, 4.69) is 34.7 Å². The third kappa shape index (κ3) is 4.07. The molecule has 0 unspecified atom stereocenters. The Labute approximate surface area is 196 Å². The molecular weight excluding hydrogens is 430 g/mol. The maximum atomic E-state index is 13.3. The molecule has 2 heterocycles. The van der Waals surface area contributed by atoms with Crippen LogP contribution in [-0.2, 0) is 4.79 Å². The molecule has 33 heavy (non-hydrogen) atoms. The summed E-state index contributed by atoms with van der Waals surface area (Å²) < 4.78 is 2.17. The molecule has 0 radical (unpaired) electrons. The third-order valence-corrected chi connectivity index (χ3v) is 6.24. The fourth-order valence-corrected chi connectivity index (χ4v) is 4.64. The van der Waals surface area contributed by atoms with Gasteiger partial charge in [0.25, 0.3) is 0 Å². The summed E-state index contributed by atoms with van der Waals surface area (Å²) in [6.07, 6.45) is 0. The molecule has 0 saturated carbocycles. The van der Waals surface area contributed by atoms with Gasteiger partial charge in [-0.3, -0.25) is 9.69 Å². The Kier molecular flexibility index (Phi) is 5.79. The predicted octanol–water partition coefficient (Wildman–Crippen LogP) is 6.02. The summed E-state index contributed by atoms with van der Waals surface area (Å²) in [5.74, 6) is 0.143. The van der Waals surface area contributed by atoms with Gasteiger partial charge in [0.1, 0.15) is 5.52 Å². The molecule has 7 heteroatoms. The number of rotatable bonds is 6. The van der Waals surface area contributed by atoms with E-state index < -0.39 is 0 Å². The number of fused-ring (bicyclic) bond motifs is 3. The summed E-state index contributed by atoms with van der Waals surface area (Å²) in [5.41, 5.74) is 4.30. The second-order valence-electron chi connectivity index (χ2n) is 7.94. The van der Waals surface area contributed by atoms with Crippen molar-refractivity contribution < 1.29 is 4.79 Å². The van der Waals surface area contributed by atoms with Crippen LogP contribution in [0.15, 0.2) is 90.1 Å². The van der Waals surface area contributed by atoms with Gasteiger partial charge >= 0.3 is 0 Å². The molecule has 0 aliphatic carbocycles. The van der Waals surface area contributed by atoms with E-state index in [4.69, 9.17) is 4.98 Å². The lowest BCUT2D eigenvalue weighted by Crippen LogP contribution is -2.27. The van der Waals surface area contributed by atoms with E-state index in [-0.39, 0.29) is 17.7 Å². The van der Waals surface area contributed by atoms with E-state index >= 15 is 0 Å². The first-order valence-electron chi connectivity index (χ1n) is 10.8. The fourth-order valence-electron chi connectivity index (χ4n) is 4.01. The number of aromatic nitrogens is 4. The van der Waals surface area contributed by atoms with Crippen molar-refractivity contribution in [2.75, 3.05) is 10.7 Å². The van der Waals surface area contributed by atoms with Crippen molar-refractivity contribution in [1.82, 2.24) is 19.7 Å². The minimum absolute atomic E-state index is 0.0505. The second kappa shape index (κ2) is 9.03. The number of hydrogen-bond acceptors (Lipinski definition) is 5. The molecule has 164 valence electrons. The zero-order chi connectivity index (χ0) is 22.8. The van der Waals surface area contributed by atoms with Crippen molar-refractivity contribution in [3.05, 3.63) is 84.9 Å². The monoisotopic (exact) mass is 453 g/mol. The van der Waals surface area contributed by atoms with Gasteiger partial charge < -0.3 is 4.57 Å². The van der Waals surface area contributed by atoms with Gasteiger partial charge in [-0.1, -0.05) is 66.4 Å². The Morgan fingerprint density at radius 1 is 0.879 bits per heavy atom. The van der Waals surface area contributed by atoms with E-state index in [0.29, 0.717) is 5.16 Å². The van der Waals surface area contributed by atoms with Crippen molar-refractivity contribution in [3.63, 3.8) is 0 Å². The molecule has 0 N–H and O–H groups in total. The lowest BCUT2D eigenvalue weighted by atomic mass is 10.2. The maximum Gasteiger partial charge on any atom is 0.242 e. The normalized spacial score (nSPS) is 11.4. The van der Waals surface area contributed by atoms with Crippen LogP contribution < -0.4 is 4.90 Å². The summed E-state index contributed by atoms with van der Waals surface area (Å²) in [6, 6.07) is 27.7. The van der Waals surface area contributed by atoms with Gasteiger partial charge in [0.2, 0.25) is 11.1 Å². The van der Waals surface area contributed by atoms with E-state index in [1.807, 2.05) is 78.9 Å². The molecular formula is C26H23N5OS. The first-order valence-corrected chi connectivity index (χ1v) is 11.8. The highest BCUT2D eigenvalue weighted by atomic mass is 32.2. The van der Waals surface area contributed by atoms with Gasteiger partial charge in [-0.25, -0.2) is 4.98 Å².